The molecule has 1 aromatic carbocycles. The molecule has 1 aliphatic rings. The molecule has 6 heteroatoms. The predicted molar refractivity (Wildman–Crippen MR) is 71.3 cm³/mol. The molecular weight excluding hydrogens is 266 g/mol. The molecule has 5 nitrogen and oxygen atoms in total. The molecule has 1 saturated heterocycles. The van der Waals surface area contributed by atoms with Crippen molar-refractivity contribution < 1.29 is 18.3 Å². The maximum absolute atomic E-state index is 12.3. The molecule has 0 saturated carbocycles. The van der Waals surface area contributed by atoms with Crippen LogP contribution in [0.4, 0.5) is 0 Å². The van der Waals surface area contributed by atoms with Gasteiger partial charge in [-0.2, -0.15) is 4.31 Å². The molecule has 1 aromatic rings. The van der Waals surface area contributed by atoms with Gasteiger partial charge < -0.3 is 9.84 Å². The topological polar surface area (TPSA) is 66.8 Å². The zero-order chi connectivity index (χ0) is 13.9. The highest BCUT2D eigenvalue weighted by Gasteiger charge is 2.34. The lowest BCUT2D eigenvalue weighted by Gasteiger charge is -2.35. The molecular formula is C13H19NO4S. The van der Waals surface area contributed by atoms with Gasteiger partial charge in [-0.05, 0) is 12.1 Å². The highest BCUT2D eigenvalue weighted by molar-refractivity contribution is 7.89. The van der Waals surface area contributed by atoms with Crippen LogP contribution in [0.5, 0.6) is 0 Å². The molecule has 0 aromatic heterocycles. The summed E-state index contributed by atoms with van der Waals surface area (Å²) in [7, 11) is -2.05. The largest absolute Gasteiger partial charge is 0.388 e. The Labute approximate surface area is 113 Å². The summed E-state index contributed by atoms with van der Waals surface area (Å²) in [5.74, 6) is 0. The number of sulfonamides is 1. The van der Waals surface area contributed by atoms with Crippen molar-refractivity contribution in [2.45, 2.75) is 23.3 Å². The van der Waals surface area contributed by atoms with Crippen LogP contribution in [0.25, 0.3) is 0 Å². The van der Waals surface area contributed by atoms with Gasteiger partial charge in [-0.1, -0.05) is 18.2 Å². The number of rotatable bonds is 4. The quantitative estimate of drug-likeness (QED) is 0.890. The Kier molecular flexibility index (Phi) is 4.25. The number of hydrogen-bond acceptors (Lipinski definition) is 4. The lowest BCUT2D eigenvalue weighted by molar-refractivity contribution is -0.0689. The SMILES string of the molecule is CN(CC1(O)CCOCC1)S(=O)(=O)c1ccccc1. The van der Waals surface area contributed by atoms with Crippen molar-refractivity contribution in [3.8, 4) is 0 Å². The molecule has 1 aliphatic heterocycles. The van der Waals surface area contributed by atoms with Gasteiger partial charge >= 0.3 is 0 Å². The summed E-state index contributed by atoms with van der Waals surface area (Å²) in [6, 6.07) is 8.25. The zero-order valence-corrected chi connectivity index (χ0v) is 11.8. The minimum atomic E-state index is -3.54. The first-order valence-corrected chi connectivity index (χ1v) is 7.70. The van der Waals surface area contributed by atoms with Crippen molar-refractivity contribution in [2.75, 3.05) is 26.8 Å². The van der Waals surface area contributed by atoms with Crippen LogP contribution >= 0.6 is 0 Å². The Morgan fingerprint density at radius 3 is 2.42 bits per heavy atom. The van der Waals surface area contributed by atoms with Crippen molar-refractivity contribution in [3.05, 3.63) is 30.3 Å². The van der Waals surface area contributed by atoms with E-state index in [4.69, 9.17) is 4.74 Å². The van der Waals surface area contributed by atoms with Crippen molar-refractivity contribution in [3.63, 3.8) is 0 Å². The maximum atomic E-state index is 12.3. The first-order valence-electron chi connectivity index (χ1n) is 6.26. The fourth-order valence-corrected chi connectivity index (χ4v) is 3.45. The van der Waals surface area contributed by atoms with Crippen molar-refractivity contribution in [2.24, 2.45) is 0 Å². The van der Waals surface area contributed by atoms with E-state index in [9.17, 15) is 13.5 Å². The second kappa shape index (κ2) is 5.58. The summed E-state index contributed by atoms with van der Waals surface area (Å²) in [5, 5.41) is 10.4. The van der Waals surface area contributed by atoms with Crippen LogP contribution in [0.3, 0.4) is 0 Å². The third-order valence-corrected chi connectivity index (χ3v) is 5.21. The van der Waals surface area contributed by atoms with Gasteiger partial charge in [0.05, 0.1) is 10.5 Å². The van der Waals surface area contributed by atoms with E-state index >= 15 is 0 Å². The van der Waals surface area contributed by atoms with Crippen LogP contribution in [0.15, 0.2) is 35.2 Å². The van der Waals surface area contributed by atoms with E-state index in [0.29, 0.717) is 26.1 Å². The van der Waals surface area contributed by atoms with E-state index < -0.39 is 15.6 Å². The molecule has 106 valence electrons. The summed E-state index contributed by atoms with van der Waals surface area (Å²) >= 11 is 0. The third-order valence-electron chi connectivity index (χ3n) is 3.39. The van der Waals surface area contributed by atoms with Crippen LogP contribution in [-0.2, 0) is 14.8 Å². The minimum absolute atomic E-state index is 0.0909. The normalized spacial score (nSPS) is 19.5. The highest BCUT2D eigenvalue weighted by Crippen LogP contribution is 2.24. The van der Waals surface area contributed by atoms with Gasteiger partial charge in [0.2, 0.25) is 10.0 Å². The summed E-state index contributed by atoms with van der Waals surface area (Å²) in [5.41, 5.74) is -0.991. The van der Waals surface area contributed by atoms with Gasteiger partial charge in [-0.25, -0.2) is 8.42 Å². The summed E-state index contributed by atoms with van der Waals surface area (Å²) in [4.78, 5) is 0.244. The number of ether oxygens (including phenoxy) is 1. The molecule has 1 fully saturated rings. The standard InChI is InChI=1S/C13H19NO4S/c1-14(11-13(15)7-9-18-10-8-13)19(16,17)12-5-3-2-4-6-12/h2-6,15H,7-11H2,1H3. The smallest absolute Gasteiger partial charge is 0.242 e. The van der Waals surface area contributed by atoms with Crippen molar-refractivity contribution in [1.29, 1.82) is 0 Å². The number of likely N-dealkylation sites (N-methyl/N-ethyl adjacent to an activating group) is 1. The zero-order valence-electron chi connectivity index (χ0n) is 10.9. The lowest BCUT2D eigenvalue weighted by Crippen LogP contribution is -2.47. The van der Waals surface area contributed by atoms with E-state index in [1.807, 2.05) is 0 Å². The molecule has 0 amide bonds. The van der Waals surface area contributed by atoms with E-state index in [1.165, 1.54) is 11.4 Å². The molecule has 0 atom stereocenters. The third kappa shape index (κ3) is 3.33. The summed E-state index contributed by atoms with van der Waals surface area (Å²) in [6.45, 7) is 1.03. The fourth-order valence-electron chi connectivity index (χ4n) is 2.18. The second-order valence-electron chi connectivity index (χ2n) is 4.91. The van der Waals surface area contributed by atoms with Gasteiger partial charge in [0.25, 0.3) is 0 Å². The molecule has 0 bridgehead atoms. The molecule has 2 rings (SSSR count). The highest BCUT2D eigenvalue weighted by atomic mass is 32.2. The summed E-state index contributed by atoms with van der Waals surface area (Å²) < 4.78 is 31.1. The molecule has 1 heterocycles. The Morgan fingerprint density at radius 2 is 1.84 bits per heavy atom. The predicted octanol–water partition coefficient (Wildman–Crippen LogP) is 0.849. The van der Waals surface area contributed by atoms with Crippen LogP contribution in [-0.4, -0.2) is 50.2 Å². The number of hydrogen-bond donors (Lipinski definition) is 1. The van der Waals surface area contributed by atoms with Crippen LogP contribution < -0.4 is 0 Å². The van der Waals surface area contributed by atoms with Gasteiger partial charge in [0, 0.05) is 39.6 Å². The lowest BCUT2D eigenvalue weighted by atomic mass is 9.95. The number of nitrogens with zero attached hydrogens (tertiary/aromatic N) is 1. The average molecular weight is 285 g/mol. The molecule has 0 spiro atoms. The molecule has 0 radical (unpaired) electrons. The first-order chi connectivity index (χ1) is 8.94. The molecule has 19 heavy (non-hydrogen) atoms. The fraction of sp³-hybridized carbons (Fsp3) is 0.538. The molecule has 0 aliphatic carbocycles. The van der Waals surface area contributed by atoms with Crippen molar-refractivity contribution in [1.82, 2.24) is 4.31 Å². The maximum Gasteiger partial charge on any atom is 0.242 e. The second-order valence-corrected chi connectivity index (χ2v) is 6.96. The minimum Gasteiger partial charge on any atom is -0.388 e. The van der Waals surface area contributed by atoms with Crippen LogP contribution in [0.1, 0.15) is 12.8 Å². The van der Waals surface area contributed by atoms with E-state index in [-0.39, 0.29) is 11.4 Å². The Balaban J connectivity index is 2.13. The summed E-state index contributed by atoms with van der Waals surface area (Å²) in [6.07, 6.45) is 0.920. The van der Waals surface area contributed by atoms with Gasteiger partial charge in [-0.15, -0.1) is 0 Å². The Morgan fingerprint density at radius 1 is 1.26 bits per heavy atom. The monoisotopic (exact) mass is 285 g/mol. The number of aliphatic hydroxyl groups is 1. The van der Waals surface area contributed by atoms with Crippen LogP contribution in [0.2, 0.25) is 0 Å². The van der Waals surface area contributed by atoms with E-state index in [1.54, 1.807) is 30.3 Å². The van der Waals surface area contributed by atoms with Crippen molar-refractivity contribution >= 4 is 10.0 Å². The Bertz CT molecular complexity index is 509. The van der Waals surface area contributed by atoms with Gasteiger partial charge in [-0.3, -0.25) is 0 Å². The van der Waals surface area contributed by atoms with E-state index in [0.717, 1.165) is 0 Å². The van der Waals surface area contributed by atoms with Crippen LogP contribution in [0, 0.1) is 0 Å². The molecule has 1 N–H and O–H groups in total. The van der Waals surface area contributed by atoms with E-state index in [2.05, 4.69) is 0 Å². The Hall–Kier alpha value is -0.950. The van der Waals surface area contributed by atoms with Gasteiger partial charge in [0.15, 0.2) is 0 Å². The first kappa shape index (κ1) is 14.5. The number of benzene rings is 1. The average Bonchev–Trinajstić information content (AvgIpc) is 2.40. The molecule has 0 unspecified atom stereocenters. The van der Waals surface area contributed by atoms with Gasteiger partial charge in [0.1, 0.15) is 0 Å².